The molecule has 1 amide bonds. The van der Waals surface area contributed by atoms with E-state index in [9.17, 15) is 4.79 Å². The van der Waals surface area contributed by atoms with Crippen molar-refractivity contribution in [3.63, 3.8) is 0 Å². The van der Waals surface area contributed by atoms with E-state index in [1.165, 1.54) is 19.3 Å². The van der Waals surface area contributed by atoms with Crippen molar-refractivity contribution in [3.05, 3.63) is 11.9 Å². The molecule has 0 saturated heterocycles. The van der Waals surface area contributed by atoms with Crippen LogP contribution in [0.15, 0.2) is 6.20 Å². The van der Waals surface area contributed by atoms with Crippen LogP contribution in [0.25, 0.3) is 0 Å². The summed E-state index contributed by atoms with van der Waals surface area (Å²) in [6.45, 7) is 2.66. The zero-order chi connectivity index (χ0) is 15.1. The molecule has 1 heterocycles. The van der Waals surface area contributed by atoms with E-state index in [2.05, 4.69) is 22.6 Å². The normalized spacial score (nSPS) is 17.6. The quantitative estimate of drug-likeness (QED) is 0.804. The second-order valence-electron chi connectivity index (χ2n) is 5.95. The van der Waals surface area contributed by atoms with Crippen LogP contribution in [-0.2, 0) is 11.3 Å². The van der Waals surface area contributed by atoms with E-state index in [0.717, 1.165) is 31.4 Å². The molecule has 0 spiro atoms. The van der Waals surface area contributed by atoms with E-state index in [1.54, 1.807) is 4.68 Å². The minimum Gasteiger partial charge on any atom is -0.353 e. The molecule has 1 fully saturated rings. The van der Waals surface area contributed by atoms with Gasteiger partial charge in [0.25, 0.3) is 0 Å². The molecule has 1 aliphatic carbocycles. The molecule has 6 heteroatoms. The Hall–Kier alpha value is -1.43. The van der Waals surface area contributed by atoms with Crippen molar-refractivity contribution in [2.24, 2.45) is 5.73 Å². The van der Waals surface area contributed by atoms with Crippen LogP contribution >= 0.6 is 0 Å². The third-order valence-corrected chi connectivity index (χ3v) is 4.07. The molecule has 1 aliphatic rings. The third-order valence-electron chi connectivity index (χ3n) is 4.07. The molecular weight excluding hydrogens is 266 g/mol. The van der Waals surface area contributed by atoms with Crippen molar-refractivity contribution in [1.29, 1.82) is 0 Å². The van der Waals surface area contributed by atoms with Crippen molar-refractivity contribution >= 4 is 5.91 Å². The van der Waals surface area contributed by atoms with Gasteiger partial charge in [-0.3, -0.25) is 9.48 Å². The topological polar surface area (TPSA) is 85.8 Å². The van der Waals surface area contributed by atoms with Gasteiger partial charge in [0.05, 0.1) is 24.5 Å². The summed E-state index contributed by atoms with van der Waals surface area (Å²) in [6, 6.07) is 0.315. The van der Waals surface area contributed by atoms with Gasteiger partial charge in [0.15, 0.2) is 0 Å². The van der Waals surface area contributed by atoms with Gasteiger partial charge in [0.2, 0.25) is 5.91 Å². The fraction of sp³-hybridized carbons (Fsp3) is 0.800. The van der Waals surface area contributed by atoms with Crippen LogP contribution in [0.4, 0.5) is 0 Å². The SMILES string of the molecule is CCCC(N)c1cn(CCC(=O)NC2CCCCC2)nn1. The predicted octanol–water partition coefficient (Wildman–Crippen LogP) is 1.92. The maximum atomic E-state index is 11.9. The highest BCUT2D eigenvalue weighted by atomic mass is 16.1. The van der Waals surface area contributed by atoms with E-state index in [1.807, 2.05) is 6.20 Å². The van der Waals surface area contributed by atoms with Gasteiger partial charge in [-0.25, -0.2) is 0 Å². The van der Waals surface area contributed by atoms with Gasteiger partial charge >= 0.3 is 0 Å². The molecule has 1 aromatic heterocycles. The molecule has 0 aromatic carbocycles. The Morgan fingerprint density at radius 3 is 2.95 bits per heavy atom. The first-order chi connectivity index (χ1) is 10.2. The van der Waals surface area contributed by atoms with E-state index >= 15 is 0 Å². The van der Waals surface area contributed by atoms with Crippen molar-refractivity contribution in [3.8, 4) is 0 Å². The Bertz CT molecular complexity index is 439. The number of nitrogens with two attached hydrogens (primary N) is 1. The average molecular weight is 293 g/mol. The highest BCUT2D eigenvalue weighted by Gasteiger charge is 2.16. The minimum absolute atomic E-state index is 0.0557. The molecule has 0 bridgehead atoms. The smallest absolute Gasteiger partial charge is 0.222 e. The first-order valence-electron chi connectivity index (χ1n) is 8.14. The van der Waals surface area contributed by atoms with Crippen molar-refractivity contribution in [1.82, 2.24) is 20.3 Å². The summed E-state index contributed by atoms with van der Waals surface area (Å²) in [6.07, 6.45) is 10.2. The number of amides is 1. The number of carbonyl (C=O) groups excluding carboxylic acids is 1. The fourth-order valence-electron chi connectivity index (χ4n) is 2.81. The number of nitrogens with zero attached hydrogens (tertiary/aromatic N) is 3. The first-order valence-corrected chi connectivity index (χ1v) is 8.14. The summed E-state index contributed by atoms with van der Waals surface area (Å²) in [5.74, 6) is 0.108. The molecule has 0 radical (unpaired) electrons. The van der Waals surface area contributed by atoms with E-state index < -0.39 is 0 Å². The summed E-state index contributed by atoms with van der Waals surface area (Å²) in [5.41, 5.74) is 6.81. The van der Waals surface area contributed by atoms with Crippen LogP contribution in [0.1, 0.15) is 70.0 Å². The first kappa shape index (κ1) is 15.9. The minimum atomic E-state index is -0.0557. The van der Waals surface area contributed by atoms with Crippen molar-refractivity contribution in [2.75, 3.05) is 0 Å². The van der Waals surface area contributed by atoms with E-state index in [4.69, 9.17) is 5.73 Å². The number of aromatic nitrogens is 3. The standard InChI is InChI=1S/C15H27N5O/c1-2-6-13(16)14-11-20(19-18-14)10-9-15(21)17-12-7-4-3-5-8-12/h11-13H,2-10,16H2,1H3,(H,17,21). The van der Waals surface area contributed by atoms with Crippen LogP contribution < -0.4 is 11.1 Å². The van der Waals surface area contributed by atoms with Gasteiger partial charge in [0, 0.05) is 12.5 Å². The summed E-state index contributed by atoms with van der Waals surface area (Å²) >= 11 is 0. The number of hydrogen-bond acceptors (Lipinski definition) is 4. The summed E-state index contributed by atoms with van der Waals surface area (Å²) in [7, 11) is 0. The highest BCUT2D eigenvalue weighted by molar-refractivity contribution is 5.76. The molecule has 2 rings (SSSR count). The fourth-order valence-corrected chi connectivity index (χ4v) is 2.81. The van der Waals surface area contributed by atoms with Crippen LogP contribution in [0.5, 0.6) is 0 Å². The third kappa shape index (κ3) is 5.12. The maximum absolute atomic E-state index is 11.9. The zero-order valence-corrected chi connectivity index (χ0v) is 12.9. The molecule has 3 N–H and O–H groups in total. The molecule has 1 unspecified atom stereocenters. The second kappa shape index (κ2) is 8.12. The summed E-state index contributed by atoms with van der Waals surface area (Å²) in [4.78, 5) is 11.9. The number of hydrogen-bond donors (Lipinski definition) is 2. The molecule has 0 aliphatic heterocycles. The molecule has 1 saturated carbocycles. The van der Waals surface area contributed by atoms with Gasteiger partial charge in [-0.15, -0.1) is 5.10 Å². The van der Waals surface area contributed by atoms with Crippen LogP contribution in [0.3, 0.4) is 0 Å². The van der Waals surface area contributed by atoms with E-state index in [-0.39, 0.29) is 11.9 Å². The van der Waals surface area contributed by atoms with Gasteiger partial charge < -0.3 is 11.1 Å². The van der Waals surface area contributed by atoms with Gasteiger partial charge in [-0.2, -0.15) is 0 Å². The summed E-state index contributed by atoms with van der Waals surface area (Å²) < 4.78 is 1.71. The van der Waals surface area contributed by atoms with E-state index in [0.29, 0.717) is 19.0 Å². The Labute approximate surface area is 126 Å². The van der Waals surface area contributed by atoms with Crippen LogP contribution in [-0.4, -0.2) is 26.9 Å². The zero-order valence-electron chi connectivity index (χ0n) is 12.9. The second-order valence-corrected chi connectivity index (χ2v) is 5.95. The maximum Gasteiger partial charge on any atom is 0.222 e. The molecule has 1 aromatic rings. The lowest BCUT2D eigenvalue weighted by Gasteiger charge is -2.22. The molecule has 1 atom stereocenters. The molecule has 118 valence electrons. The summed E-state index contributed by atoms with van der Waals surface area (Å²) in [5, 5.41) is 11.2. The lowest BCUT2D eigenvalue weighted by Crippen LogP contribution is -2.36. The predicted molar refractivity (Wildman–Crippen MR) is 81.5 cm³/mol. The van der Waals surface area contributed by atoms with Crippen LogP contribution in [0, 0.1) is 0 Å². The Balaban J connectivity index is 1.73. The molecular formula is C15H27N5O. The number of carbonyl (C=O) groups is 1. The van der Waals surface area contributed by atoms with Crippen molar-refractivity contribution in [2.45, 2.75) is 76.9 Å². The Morgan fingerprint density at radius 2 is 2.24 bits per heavy atom. The molecule has 6 nitrogen and oxygen atoms in total. The molecule has 21 heavy (non-hydrogen) atoms. The Morgan fingerprint density at radius 1 is 1.48 bits per heavy atom. The van der Waals surface area contributed by atoms with Gasteiger partial charge in [0.1, 0.15) is 0 Å². The number of aryl methyl sites for hydroxylation is 1. The monoisotopic (exact) mass is 293 g/mol. The van der Waals surface area contributed by atoms with Crippen LogP contribution in [0.2, 0.25) is 0 Å². The average Bonchev–Trinajstić information content (AvgIpc) is 2.95. The Kier molecular flexibility index (Phi) is 6.17. The largest absolute Gasteiger partial charge is 0.353 e. The van der Waals surface area contributed by atoms with Gasteiger partial charge in [-0.05, 0) is 19.3 Å². The van der Waals surface area contributed by atoms with Gasteiger partial charge in [-0.1, -0.05) is 37.8 Å². The number of nitrogens with one attached hydrogen (secondary N) is 1. The lowest BCUT2D eigenvalue weighted by molar-refractivity contribution is -0.122. The highest BCUT2D eigenvalue weighted by Crippen LogP contribution is 2.17. The van der Waals surface area contributed by atoms with Crippen molar-refractivity contribution < 1.29 is 4.79 Å². The lowest BCUT2D eigenvalue weighted by atomic mass is 9.95. The number of rotatable bonds is 7.